The van der Waals surface area contributed by atoms with E-state index in [1.165, 1.54) is 68.0 Å². The van der Waals surface area contributed by atoms with Gasteiger partial charge in [0.15, 0.2) is 0 Å². The van der Waals surface area contributed by atoms with E-state index in [9.17, 15) is 0 Å². The number of halogens is 2. The molecule has 0 fully saturated rings. The molecule has 5 aromatic carbocycles. The summed E-state index contributed by atoms with van der Waals surface area (Å²) in [7, 11) is 0. The second-order valence-electron chi connectivity index (χ2n) is 15.6. The Morgan fingerprint density at radius 3 is 1.25 bits per heavy atom. The summed E-state index contributed by atoms with van der Waals surface area (Å²) in [6.07, 6.45) is 10.0. The van der Waals surface area contributed by atoms with E-state index in [2.05, 4.69) is 185 Å². The van der Waals surface area contributed by atoms with Crippen LogP contribution in [0.1, 0.15) is 97.9 Å². The van der Waals surface area contributed by atoms with Crippen LogP contribution in [-0.4, -0.2) is 3.21 Å². The Morgan fingerprint density at radius 1 is 0.562 bits per heavy atom. The molecule has 0 N–H and O–H groups in total. The topological polar surface area (TPSA) is 0 Å². The molecule has 48 heavy (non-hydrogen) atoms. The van der Waals surface area contributed by atoms with Gasteiger partial charge in [-0.25, -0.2) is 12.2 Å². The Morgan fingerprint density at radius 2 is 0.958 bits per heavy atom. The Balaban J connectivity index is 0.000000281. The SMILES string of the molecule is CC(C)(C)c1ccc2c(c1)[cH-]c1cc(C(C)(C)C)ccc12.CC(C)([C](=[Zr+2])C(C)(C)c1ccccc1)c1ccccc1.[C-]1=CC=CC1.[Cl-].[Cl-]. The Kier molecular flexibility index (Phi) is 14.8. The molecular weight excluding hydrogens is 703 g/mol. The molecule has 0 saturated carbocycles. The zero-order valence-electron chi connectivity index (χ0n) is 30.5. The summed E-state index contributed by atoms with van der Waals surface area (Å²) < 4.78 is 1.58. The van der Waals surface area contributed by atoms with Crippen LogP contribution in [0.3, 0.4) is 0 Å². The average molecular weight is 755 g/mol. The van der Waals surface area contributed by atoms with E-state index in [0.29, 0.717) is 0 Å². The summed E-state index contributed by atoms with van der Waals surface area (Å²) >= 11 is 1.51. The molecule has 0 aliphatic heterocycles. The van der Waals surface area contributed by atoms with Gasteiger partial charge in [-0.3, -0.25) is 6.08 Å². The summed E-state index contributed by atoms with van der Waals surface area (Å²) in [5, 5.41) is 5.48. The van der Waals surface area contributed by atoms with E-state index >= 15 is 0 Å². The summed E-state index contributed by atoms with van der Waals surface area (Å²) in [4.78, 5) is 0. The molecule has 6 rings (SSSR count). The first-order valence-electron chi connectivity index (χ1n) is 16.6. The van der Waals surface area contributed by atoms with Crippen molar-refractivity contribution in [2.45, 2.75) is 97.3 Å². The average Bonchev–Trinajstić information content (AvgIpc) is 3.72. The van der Waals surface area contributed by atoms with Crippen LogP contribution in [0, 0.1) is 6.08 Å². The molecule has 0 spiro atoms. The molecule has 0 amide bonds. The number of allylic oxidation sites excluding steroid dienone is 4. The third-order valence-corrected chi connectivity index (χ3v) is 12.3. The maximum Gasteiger partial charge on any atom is -0.109 e. The van der Waals surface area contributed by atoms with E-state index in [0.717, 1.165) is 6.42 Å². The molecule has 0 atom stereocenters. The fourth-order valence-electron chi connectivity index (χ4n) is 6.08. The van der Waals surface area contributed by atoms with Crippen LogP contribution in [0.5, 0.6) is 0 Å². The predicted molar refractivity (Wildman–Crippen MR) is 200 cm³/mol. The molecule has 0 unspecified atom stereocenters. The zero-order valence-corrected chi connectivity index (χ0v) is 34.5. The van der Waals surface area contributed by atoms with Crippen LogP contribution < -0.4 is 24.8 Å². The standard InChI is InChI=1S/C21H25.C19H22.C5H5.2ClH.Zr/c1-20(2,3)16-7-9-18-14(12-16)11-15-13-17(21(4,5)6)8-10-19(15)18;1-18(2,16-11-7-5-8-12-16)15-19(3,4)17-13-9-6-10-14-17;1-2-4-5-3-1;;;/h7-13H,1-6H3;5-14H,1-4H3;1-3H,4H2;2*1H;/q-1;;-1;;;+2/p-2. The van der Waals surface area contributed by atoms with Crippen LogP contribution in [0.25, 0.3) is 21.5 Å². The van der Waals surface area contributed by atoms with Gasteiger partial charge in [0.1, 0.15) is 0 Å². The Hall–Kier alpha value is -2.44. The second kappa shape index (κ2) is 17.0. The number of hydrogen-bond acceptors (Lipinski definition) is 0. The third kappa shape index (κ3) is 10.1. The molecule has 0 aromatic heterocycles. The molecule has 0 heterocycles. The van der Waals surface area contributed by atoms with Gasteiger partial charge in [-0.15, -0.1) is 46.2 Å². The largest absolute Gasteiger partial charge is 1.00 e. The first-order chi connectivity index (χ1) is 21.5. The zero-order chi connectivity index (χ0) is 33.8. The summed E-state index contributed by atoms with van der Waals surface area (Å²) in [5.74, 6) is 0. The monoisotopic (exact) mass is 752 g/mol. The van der Waals surface area contributed by atoms with Crippen molar-refractivity contribution in [2.24, 2.45) is 0 Å². The van der Waals surface area contributed by atoms with Crippen molar-refractivity contribution in [3.05, 3.63) is 150 Å². The van der Waals surface area contributed by atoms with Crippen molar-refractivity contribution in [1.29, 1.82) is 0 Å². The molecule has 5 aromatic rings. The van der Waals surface area contributed by atoms with Gasteiger partial charge in [-0.05, 0) is 10.8 Å². The first kappa shape index (κ1) is 41.7. The summed E-state index contributed by atoms with van der Waals surface area (Å²) in [6, 6.07) is 37.9. The van der Waals surface area contributed by atoms with Crippen molar-refractivity contribution in [3.8, 4) is 0 Å². The van der Waals surface area contributed by atoms with Gasteiger partial charge < -0.3 is 24.8 Å². The number of rotatable bonds is 4. The number of benzene rings is 4. The molecule has 1 aliphatic rings. The van der Waals surface area contributed by atoms with E-state index in [4.69, 9.17) is 0 Å². The van der Waals surface area contributed by atoms with Crippen molar-refractivity contribution in [1.82, 2.24) is 0 Å². The van der Waals surface area contributed by atoms with Gasteiger partial charge >= 0.3 is 138 Å². The summed E-state index contributed by atoms with van der Waals surface area (Å²) in [6.45, 7) is 23.0. The van der Waals surface area contributed by atoms with Crippen molar-refractivity contribution >= 4 is 24.8 Å². The van der Waals surface area contributed by atoms with E-state index in [-0.39, 0.29) is 46.5 Å². The quantitative estimate of drug-likeness (QED) is 0.190. The van der Waals surface area contributed by atoms with Crippen molar-refractivity contribution < 1.29 is 49.0 Å². The normalized spacial score (nSPS) is 12.8. The second-order valence-corrected chi connectivity index (χ2v) is 16.8. The van der Waals surface area contributed by atoms with E-state index in [1.807, 2.05) is 12.2 Å². The van der Waals surface area contributed by atoms with Crippen LogP contribution >= 0.6 is 0 Å². The minimum atomic E-state index is 0. The van der Waals surface area contributed by atoms with Crippen LogP contribution in [-0.2, 0) is 45.9 Å². The van der Waals surface area contributed by atoms with Gasteiger partial charge in [0.2, 0.25) is 0 Å². The Labute approximate surface area is 318 Å². The molecular formula is C45H52Cl2Zr-2. The van der Waals surface area contributed by atoms with Crippen LogP contribution in [0.4, 0.5) is 0 Å². The molecule has 3 heteroatoms. The number of hydrogen-bond donors (Lipinski definition) is 0. The first-order valence-corrected chi connectivity index (χ1v) is 17.8. The maximum absolute atomic E-state index is 2.99. The molecule has 0 bridgehead atoms. The van der Waals surface area contributed by atoms with Gasteiger partial charge in [0.25, 0.3) is 0 Å². The van der Waals surface area contributed by atoms with Gasteiger partial charge in [0.05, 0.1) is 0 Å². The third-order valence-electron chi connectivity index (χ3n) is 9.26. The number of fused-ring (bicyclic) bond motifs is 3. The molecule has 0 nitrogen and oxygen atoms in total. The summed E-state index contributed by atoms with van der Waals surface area (Å²) in [5.41, 5.74) is 6.20. The molecule has 0 saturated heterocycles. The van der Waals surface area contributed by atoms with E-state index < -0.39 is 0 Å². The van der Waals surface area contributed by atoms with Crippen LogP contribution in [0.2, 0.25) is 0 Å². The predicted octanol–water partition coefficient (Wildman–Crippen LogP) is 6.28. The smallest absolute Gasteiger partial charge is 0.109 e. The fraction of sp³-hybridized carbons (Fsp3) is 0.333. The maximum atomic E-state index is 2.99. The van der Waals surface area contributed by atoms with Gasteiger partial charge in [0, 0.05) is 0 Å². The minimum absolute atomic E-state index is 0. The van der Waals surface area contributed by atoms with Gasteiger partial charge in [-0.2, -0.15) is 6.08 Å². The Bertz CT molecular complexity index is 1690. The molecule has 0 radical (unpaired) electrons. The fourth-order valence-corrected chi connectivity index (χ4v) is 6.78. The molecule has 1 aliphatic carbocycles. The van der Waals surface area contributed by atoms with Crippen LogP contribution in [0.15, 0.2) is 121 Å². The van der Waals surface area contributed by atoms with E-state index in [1.54, 1.807) is 3.21 Å². The minimum Gasteiger partial charge on any atom is -1.00 e. The van der Waals surface area contributed by atoms with Gasteiger partial charge in [-0.1, -0.05) is 76.9 Å². The van der Waals surface area contributed by atoms with Crippen molar-refractivity contribution in [3.63, 3.8) is 0 Å². The van der Waals surface area contributed by atoms with Crippen molar-refractivity contribution in [2.75, 3.05) is 0 Å². The molecule has 252 valence electrons.